The zero-order valence-corrected chi connectivity index (χ0v) is 11.7. The topological polar surface area (TPSA) is 32.7 Å². The van der Waals surface area contributed by atoms with Crippen molar-refractivity contribution >= 4 is 0 Å². The Morgan fingerprint density at radius 1 is 1.18 bits per heavy atom. The highest BCUT2D eigenvalue weighted by Crippen LogP contribution is 2.28. The molecule has 0 aromatic carbocycles. The van der Waals surface area contributed by atoms with Gasteiger partial charge in [-0.3, -0.25) is 4.90 Å². The van der Waals surface area contributed by atoms with E-state index in [1.165, 1.54) is 12.8 Å². The Morgan fingerprint density at radius 2 is 1.82 bits per heavy atom. The SMILES string of the molecule is CC(C)(C)C[C@@H](CCO)CCN1CCOCC1. The van der Waals surface area contributed by atoms with Gasteiger partial charge in [0.1, 0.15) is 0 Å². The van der Waals surface area contributed by atoms with Crippen molar-refractivity contribution in [3.63, 3.8) is 0 Å². The normalized spacial score (nSPS) is 20.5. The van der Waals surface area contributed by atoms with Crippen LogP contribution in [0.2, 0.25) is 0 Å². The summed E-state index contributed by atoms with van der Waals surface area (Å²) in [7, 11) is 0. The van der Waals surface area contributed by atoms with Gasteiger partial charge in [0, 0.05) is 19.7 Å². The lowest BCUT2D eigenvalue weighted by Crippen LogP contribution is -2.37. The minimum atomic E-state index is 0.323. The standard InChI is InChI=1S/C14H29NO2/c1-14(2,3)12-13(5-9-16)4-6-15-7-10-17-11-8-15/h13,16H,4-12H2,1-3H3/t13-/m1/s1. The van der Waals surface area contributed by atoms with Gasteiger partial charge in [-0.15, -0.1) is 0 Å². The predicted molar refractivity (Wildman–Crippen MR) is 71.1 cm³/mol. The summed E-state index contributed by atoms with van der Waals surface area (Å²) in [6.07, 6.45) is 3.36. The van der Waals surface area contributed by atoms with Crippen LogP contribution < -0.4 is 0 Å². The van der Waals surface area contributed by atoms with Crippen LogP contribution in [0.4, 0.5) is 0 Å². The van der Waals surface area contributed by atoms with Crippen molar-refractivity contribution in [1.29, 1.82) is 0 Å². The summed E-state index contributed by atoms with van der Waals surface area (Å²) in [6.45, 7) is 12.2. The van der Waals surface area contributed by atoms with Crippen LogP contribution in [0.15, 0.2) is 0 Å². The molecule has 0 saturated carbocycles. The van der Waals surface area contributed by atoms with Gasteiger partial charge in [0.25, 0.3) is 0 Å². The Labute approximate surface area is 106 Å². The van der Waals surface area contributed by atoms with Crippen LogP contribution >= 0.6 is 0 Å². The van der Waals surface area contributed by atoms with Crippen LogP contribution in [-0.2, 0) is 4.74 Å². The predicted octanol–water partition coefficient (Wildman–Crippen LogP) is 2.14. The first-order chi connectivity index (χ1) is 8.01. The third-order valence-electron chi connectivity index (χ3n) is 3.40. The maximum Gasteiger partial charge on any atom is 0.0594 e. The van der Waals surface area contributed by atoms with Crippen LogP contribution in [0.3, 0.4) is 0 Å². The molecule has 1 aliphatic heterocycles. The van der Waals surface area contributed by atoms with E-state index in [4.69, 9.17) is 9.84 Å². The summed E-state index contributed by atoms with van der Waals surface area (Å²) in [4.78, 5) is 2.48. The fraction of sp³-hybridized carbons (Fsp3) is 1.00. The van der Waals surface area contributed by atoms with Gasteiger partial charge in [-0.2, -0.15) is 0 Å². The fourth-order valence-corrected chi connectivity index (χ4v) is 2.59. The number of aliphatic hydroxyl groups is 1. The molecular weight excluding hydrogens is 214 g/mol. The molecule has 1 atom stereocenters. The highest BCUT2D eigenvalue weighted by molar-refractivity contribution is 4.72. The Hall–Kier alpha value is -0.120. The van der Waals surface area contributed by atoms with E-state index in [1.54, 1.807) is 0 Å². The molecule has 1 aliphatic rings. The molecule has 0 aliphatic carbocycles. The number of ether oxygens (including phenoxy) is 1. The number of hydrogen-bond acceptors (Lipinski definition) is 3. The van der Waals surface area contributed by atoms with Crippen molar-refractivity contribution in [2.45, 2.75) is 40.0 Å². The molecule has 0 amide bonds. The van der Waals surface area contributed by atoms with E-state index in [-0.39, 0.29) is 0 Å². The number of nitrogens with zero attached hydrogens (tertiary/aromatic N) is 1. The minimum Gasteiger partial charge on any atom is -0.396 e. The van der Waals surface area contributed by atoms with E-state index in [0.29, 0.717) is 17.9 Å². The van der Waals surface area contributed by atoms with Crippen molar-refractivity contribution in [1.82, 2.24) is 4.90 Å². The van der Waals surface area contributed by atoms with Crippen LogP contribution in [0.25, 0.3) is 0 Å². The molecule has 0 aromatic heterocycles. The lowest BCUT2D eigenvalue weighted by atomic mass is 9.82. The van der Waals surface area contributed by atoms with Crippen LogP contribution in [0.5, 0.6) is 0 Å². The van der Waals surface area contributed by atoms with Crippen molar-refractivity contribution in [2.75, 3.05) is 39.5 Å². The quantitative estimate of drug-likeness (QED) is 0.776. The maximum absolute atomic E-state index is 9.14. The van der Waals surface area contributed by atoms with Crippen LogP contribution in [0.1, 0.15) is 40.0 Å². The van der Waals surface area contributed by atoms with E-state index >= 15 is 0 Å². The second kappa shape index (κ2) is 7.34. The lowest BCUT2D eigenvalue weighted by Gasteiger charge is -2.30. The summed E-state index contributed by atoms with van der Waals surface area (Å²) in [6, 6.07) is 0. The summed E-state index contributed by atoms with van der Waals surface area (Å²) in [5, 5.41) is 9.14. The molecule has 1 rings (SSSR count). The first kappa shape index (κ1) is 14.9. The fourth-order valence-electron chi connectivity index (χ4n) is 2.59. The molecule has 0 unspecified atom stereocenters. The van der Waals surface area contributed by atoms with Gasteiger partial charge in [0.05, 0.1) is 13.2 Å². The maximum atomic E-state index is 9.14. The summed E-state index contributed by atoms with van der Waals surface area (Å²) >= 11 is 0. The Balaban J connectivity index is 2.27. The molecule has 0 aromatic rings. The molecule has 0 radical (unpaired) electrons. The average molecular weight is 243 g/mol. The average Bonchev–Trinajstić information content (AvgIpc) is 2.26. The van der Waals surface area contributed by atoms with Gasteiger partial charge < -0.3 is 9.84 Å². The monoisotopic (exact) mass is 243 g/mol. The second-order valence-electron chi connectivity index (χ2n) is 6.39. The molecule has 0 bridgehead atoms. The van der Waals surface area contributed by atoms with Crippen molar-refractivity contribution in [2.24, 2.45) is 11.3 Å². The van der Waals surface area contributed by atoms with Gasteiger partial charge in [-0.05, 0) is 37.1 Å². The largest absolute Gasteiger partial charge is 0.396 e. The molecule has 1 fully saturated rings. The summed E-state index contributed by atoms with van der Waals surface area (Å²) in [5.74, 6) is 0.655. The smallest absolute Gasteiger partial charge is 0.0594 e. The molecule has 1 N–H and O–H groups in total. The van der Waals surface area contributed by atoms with Gasteiger partial charge in [0.15, 0.2) is 0 Å². The summed E-state index contributed by atoms with van der Waals surface area (Å²) in [5.41, 5.74) is 0.366. The van der Waals surface area contributed by atoms with Crippen molar-refractivity contribution in [3.05, 3.63) is 0 Å². The van der Waals surface area contributed by atoms with E-state index in [0.717, 1.165) is 39.3 Å². The van der Waals surface area contributed by atoms with E-state index in [1.807, 2.05) is 0 Å². The van der Waals surface area contributed by atoms with E-state index in [2.05, 4.69) is 25.7 Å². The van der Waals surface area contributed by atoms with Gasteiger partial charge >= 0.3 is 0 Å². The Morgan fingerprint density at radius 3 is 2.35 bits per heavy atom. The van der Waals surface area contributed by atoms with E-state index in [9.17, 15) is 0 Å². The summed E-state index contributed by atoms with van der Waals surface area (Å²) < 4.78 is 5.35. The third kappa shape index (κ3) is 7.02. The molecule has 17 heavy (non-hydrogen) atoms. The Kier molecular flexibility index (Phi) is 6.45. The van der Waals surface area contributed by atoms with E-state index < -0.39 is 0 Å². The number of hydrogen-bond donors (Lipinski definition) is 1. The molecule has 3 heteroatoms. The molecule has 1 saturated heterocycles. The second-order valence-corrected chi connectivity index (χ2v) is 6.39. The molecular formula is C14H29NO2. The highest BCUT2D eigenvalue weighted by atomic mass is 16.5. The van der Waals surface area contributed by atoms with Gasteiger partial charge in [-0.25, -0.2) is 0 Å². The number of rotatable bonds is 6. The first-order valence-corrected chi connectivity index (χ1v) is 6.92. The van der Waals surface area contributed by atoms with Crippen molar-refractivity contribution in [3.8, 4) is 0 Å². The number of aliphatic hydroxyl groups excluding tert-OH is 1. The lowest BCUT2D eigenvalue weighted by molar-refractivity contribution is 0.0337. The first-order valence-electron chi connectivity index (χ1n) is 6.92. The zero-order chi connectivity index (χ0) is 12.7. The highest BCUT2D eigenvalue weighted by Gasteiger charge is 2.19. The number of morpholine rings is 1. The molecule has 102 valence electrons. The third-order valence-corrected chi connectivity index (χ3v) is 3.40. The zero-order valence-electron chi connectivity index (χ0n) is 11.7. The Bertz CT molecular complexity index is 195. The van der Waals surface area contributed by atoms with Crippen LogP contribution in [0, 0.1) is 11.3 Å². The minimum absolute atomic E-state index is 0.323. The molecule has 3 nitrogen and oxygen atoms in total. The van der Waals surface area contributed by atoms with Gasteiger partial charge in [0.2, 0.25) is 0 Å². The molecule has 0 spiro atoms. The van der Waals surface area contributed by atoms with Crippen molar-refractivity contribution < 1.29 is 9.84 Å². The van der Waals surface area contributed by atoms with Gasteiger partial charge in [-0.1, -0.05) is 20.8 Å². The molecule has 1 heterocycles. The van der Waals surface area contributed by atoms with Crippen LogP contribution in [-0.4, -0.2) is 49.5 Å².